The molecule has 4 nitrogen and oxygen atoms in total. The highest BCUT2D eigenvalue weighted by atomic mass is 19.1. The van der Waals surface area contributed by atoms with Crippen LogP contribution in [0.15, 0.2) is 48.3 Å². The van der Waals surface area contributed by atoms with Gasteiger partial charge < -0.3 is 16.4 Å². The first-order valence-corrected chi connectivity index (χ1v) is 9.69. The summed E-state index contributed by atoms with van der Waals surface area (Å²) >= 11 is 0. The molecule has 27 heavy (non-hydrogen) atoms. The molecule has 140 valence electrons. The molecule has 0 saturated heterocycles. The van der Waals surface area contributed by atoms with Gasteiger partial charge in [0.15, 0.2) is 0 Å². The van der Waals surface area contributed by atoms with Gasteiger partial charge in [-0.05, 0) is 61.2 Å². The number of fused-ring (bicyclic) bond motifs is 1. The molecule has 2 unspecified atom stereocenters. The van der Waals surface area contributed by atoms with E-state index in [1.54, 1.807) is 12.1 Å². The Kier molecular flexibility index (Phi) is 5.00. The highest BCUT2D eigenvalue weighted by molar-refractivity contribution is 5.77. The third-order valence-electron chi connectivity index (χ3n) is 5.88. The van der Waals surface area contributed by atoms with Gasteiger partial charge in [-0.15, -0.1) is 0 Å². The van der Waals surface area contributed by atoms with Crippen LogP contribution in [0.1, 0.15) is 36.8 Å². The maximum Gasteiger partial charge on any atom is 0.140 e. The molecule has 0 spiro atoms. The van der Waals surface area contributed by atoms with Crippen molar-refractivity contribution in [2.24, 2.45) is 17.6 Å². The van der Waals surface area contributed by atoms with Crippen molar-refractivity contribution in [1.82, 2.24) is 10.6 Å². The van der Waals surface area contributed by atoms with Crippen molar-refractivity contribution in [2.75, 3.05) is 6.54 Å². The first kappa shape index (κ1) is 17.8. The van der Waals surface area contributed by atoms with Gasteiger partial charge in [-0.1, -0.05) is 18.2 Å². The van der Waals surface area contributed by atoms with Crippen LogP contribution in [0.2, 0.25) is 0 Å². The topological polar surface area (TPSA) is 73.9 Å². The lowest BCUT2D eigenvalue weighted by molar-refractivity contribution is 0.338. The lowest BCUT2D eigenvalue weighted by Crippen LogP contribution is -2.42. The number of allylic oxidation sites excluding steroid dienone is 4. The van der Waals surface area contributed by atoms with Crippen molar-refractivity contribution in [3.8, 4) is 6.07 Å². The van der Waals surface area contributed by atoms with E-state index in [1.807, 2.05) is 12.3 Å². The molecule has 0 bridgehead atoms. The zero-order valence-electron chi connectivity index (χ0n) is 15.3. The number of nitrogens with one attached hydrogen (secondary N) is 2. The maximum absolute atomic E-state index is 13.7. The maximum atomic E-state index is 13.7. The second kappa shape index (κ2) is 7.58. The zero-order chi connectivity index (χ0) is 18.8. The normalized spacial score (nSPS) is 29.7. The lowest BCUT2D eigenvalue weighted by atomic mass is 9.79. The van der Waals surface area contributed by atoms with E-state index < -0.39 is 5.82 Å². The van der Waals surface area contributed by atoms with E-state index in [4.69, 9.17) is 11.0 Å². The van der Waals surface area contributed by atoms with Gasteiger partial charge >= 0.3 is 0 Å². The number of nitrogens with zero attached hydrogens (tertiary/aromatic N) is 1. The quantitative estimate of drug-likeness (QED) is 0.770. The smallest absolute Gasteiger partial charge is 0.140 e. The van der Waals surface area contributed by atoms with Gasteiger partial charge in [0.25, 0.3) is 0 Å². The summed E-state index contributed by atoms with van der Waals surface area (Å²) in [6.07, 6.45) is 12.9. The number of nitriles is 1. The molecule has 1 saturated carbocycles. The fraction of sp³-hybridized carbons (Fsp3) is 0.409. The molecule has 0 radical (unpaired) electrons. The van der Waals surface area contributed by atoms with Crippen LogP contribution in [0.4, 0.5) is 4.39 Å². The third kappa shape index (κ3) is 3.77. The van der Waals surface area contributed by atoms with Crippen molar-refractivity contribution in [2.45, 2.75) is 37.8 Å². The Morgan fingerprint density at radius 3 is 2.81 bits per heavy atom. The molecule has 0 aromatic heterocycles. The third-order valence-corrected chi connectivity index (χ3v) is 5.88. The Morgan fingerprint density at radius 1 is 1.22 bits per heavy atom. The van der Waals surface area contributed by atoms with Gasteiger partial charge in [-0.25, -0.2) is 4.39 Å². The molecular weight excluding hydrogens is 339 g/mol. The van der Waals surface area contributed by atoms with Crippen molar-refractivity contribution in [1.29, 1.82) is 5.26 Å². The molecule has 5 heteroatoms. The molecular formula is C22H25FN4. The highest BCUT2D eigenvalue weighted by Crippen LogP contribution is 2.35. The zero-order valence-corrected chi connectivity index (χ0v) is 15.3. The van der Waals surface area contributed by atoms with Crippen LogP contribution >= 0.6 is 0 Å². The largest absolute Gasteiger partial charge is 0.390 e. The Morgan fingerprint density at radius 2 is 2.04 bits per heavy atom. The second-order valence-corrected chi connectivity index (χ2v) is 7.74. The summed E-state index contributed by atoms with van der Waals surface area (Å²) in [5, 5.41) is 16.3. The van der Waals surface area contributed by atoms with Gasteiger partial charge in [0.05, 0.1) is 5.56 Å². The molecule has 4 N–H and O–H groups in total. The first-order valence-electron chi connectivity index (χ1n) is 9.69. The van der Waals surface area contributed by atoms with Crippen LogP contribution in [-0.4, -0.2) is 18.6 Å². The van der Waals surface area contributed by atoms with Crippen LogP contribution in [-0.2, 0) is 0 Å². The fourth-order valence-electron chi connectivity index (χ4n) is 4.28. The van der Waals surface area contributed by atoms with E-state index in [-0.39, 0.29) is 11.5 Å². The minimum absolute atomic E-state index is 0.0838. The standard InChI is InChI=1S/C22H25FN4/c23-21-6-1-14(9-17(21)12-24)16-10-15-7-8-26-13-20(15)22(11-16)27-19-4-2-18(25)3-5-19/h1,6-11,15,18-20,26-27H,2-5,13,25H2. The first-order chi connectivity index (χ1) is 13.1. The number of nitrogens with two attached hydrogens (primary N) is 1. The number of rotatable bonds is 3. The predicted octanol–water partition coefficient (Wildman–Crippen LogP) is 3.19. The van der Waals surface area contributed by atoms with Gasteiger partial charge in [0, 0.05) is 36.2 Å². The van der Waals surface area contributed by atoms with Crippen LogP contribution in [0.25, 0.3) is 5.57 Å². The van der Waals surface area contributed by atoms with E-state index in [9.17, 15) is 4.39 Å². The van der Waals surface area contributed by atoms with Gasteiger partial charge in [-0.2, -0.15) is 5.26 Å². The Hall–Kier alpha value is -2.58. The number of hydrogen-bond donors (Lipinski definition) is 3. The van der Waals surface area contributed by atoms with Gasteiger partial charge in [0.1, 0.15) is 11.9 Å². The summed E-state index contributed by atoms with van der Waals surface area (Å²) in [7, 11) is 0. The van der Waals surface area contributed by atoms with Crippen LogP contribution in [0, 0.1) is 29.0 Å². The molecule has 0 amide bonds. The summed E-state index contributed by atoms with van der Waals surface area (Å²) in [5.41, 5.74) is 9.26. The van der Waals surface area contributed by atoms with E-state index in [2.05, 4.69) is 28.9 Å². The fourth-order valence-corrected chi connectivity index (χ4v) is 4.28. The van der Waals surface area contributed by atoms with Crippen molar-refractivity contribution in [3.63, 3.8) is 0 Å². The van der Waals surface area contributed by atoms with Crippen molar-refractivity contribution in [3.05, 3.63) is 65.3 Å². The minimum Gasteiger partial charge on any atom is -0.390 e. The predicted molar refractivity (Wildman–Crippen MR) is 105 cm³/mol. The van der Waals surface area contributed by atoms with E-state index >= 15 is 0 Å². The van der Waals surface area contributed by atoms with Crippen molar-refractivity contribution < 1.29 is 4.39 Å². The monoisotopic (exact) mass is 364 g/mol. The van der Waals surface area contributed by atoms with Crippen LogP contribution in [0.5, 0.6) is 0 Å². The molecule has 1 aliphatic heterocycles. The summed E-state index contributed by atoms with van der Waals surface area (Å²) in [5.74, 6) is 0.179. The van der Waals surface area contributed by atoms with Crippen molar-refractivity contribution >= 4 is 5.57 Å². The highest BCUT2D eigenvalue weighted by Gasteiger charge is 2.30. The summed E-state index contributed by atoms with van der Waals surface area (Å²) in [6.45, 7) is 0.892. The minimum atomic E-state index is -0.474. The SMILES string of the molecule is N#Cc1cc(C2=CC3C=CNCC3C(NC3CCC(N)CC3)=C2)ccc1F. The molecule has 1 aromatic rings. The van der Waals surface area contributed by atoms with Gasteiger partial charge in [-0.3, -0.25) is 0 Å². The molecule has 3 aliphatic rings. The van der Waals surface area contributed by atoms with Gasteiger partial charge in [0.2, 0.25) is 0 Å². The number of hydrogen-bond acceptors (Lipinski definition) is 4. The van der Waals surface area contributed by atoms with Crippen LogP contribution in [0.3, 0.4) is 0 Å². The van der Waals surface area contributed by atoms with Crippen LogP contribution < -0.4 is 16.4 Å². The lowest BCUT2D eigenvalue weighted by Gasteiger charge is -2.37. The molecule has 4 rings (SSSR count). The summed E-state index contributed by atoms with van der Waals surface area (Å²) < 4.78 is 13.7. The summed E-state index contributed by atoms with van der Waals surface area (Å²) in [4.78, 5) is 0. The van der Waals surface area contributed by atoms with E-state index in [0.29, 0.717) is 18.0 Å². The molecule has 1 heterocycles. The average molecular weight is 364 g/mol. The van der Waals surface area contributed by atoms with E-state index in [0.717, 1.165) is 43.4 Å². The Labute approximate surface area is 159 Å². The Balaban J connectivity index is 1.64. The van der Waals surface area contributed by atoms with E-state index in [1.165, 1.54) is 11.8 Å². The second-order valence-electron chi connectivity index (χ2n) is 7.74. The molecule has 2 aliphatic carbocycles. The number of halogens is 1. The summed E-state index contributed by atoms with van der Waals surface area (Å²) in [6, 6.07) is 7.48. The number of benzene rings is 1. The molecule has 1 fully saturated rings. The average Bonchev–Trinajstić information content (AvgIpc) is 2.70. The molecule has 1 aromatic carbocycles. The Bertz CT molecular complexity index is 840. The molecule has 2 atom stereocenters.